The van der Waals surface area contributed by atoms with Crippen LogP contribution in [0.25, 0.3) is 10.9 Å². The Kier molecular flexibility index (Phi) is 8.04. The number of nitriles is 1. The third kappa shape index (κ3) is 5.40. The van der Waals surface area contributed by atoms with Crippen molar-refractivity contribution in [3.8, 4) is 11.8 Å². The van der Waals surface area contributed by atoms with Gasteiger partial charge in [0.05, 0.1) is 18.7 Å². The first-order valence-electron chi connectivity index (χ1n) is 12.3. The van der Waals surface area contributed by atoms with Gasteiger partial charge in [-0.05, 0) is 86.8 Å². The number of nitrogens with one attached hydrogen (secondary N) is 1. The highest BCUT2D eigenvalue weighted by Gasteiger charge is 2.24. The Morgan fingerprint density at radius 3 is 2.76 bits per heavy atom. The summed E-state index contributed by atoms with van der Waals surface area (Å²) in [4.78, 5) is 0. The molecule has 0 aliphatic heterocycles. The highest BCUT2D eigenvalue weighted by atomic mass is 16.5. The lowest BCUT2D eigenvalue weighted by molar-refractivity contribution is 0.360. The van der Waals surface area contributed by atoms with E-state index in [2.05, 4.69) is 52.5 Å². The lowest BCUT2D eigenvalue weighted by Crippen LogP contribution is -2.21. The van der Waals surface area contributed by atoms with E-state index >= 15 is 0 Å². The normalized spacial score (nSPS) is 15.4. The number of benzene rings is 2. The van der Waals surface area contributed by atoms with Crippen molar-refractivity contribution in [1.82, 2.24) is 9.88 Å². The second-order valence-corrected chi connectivity index (χ2v) is 9.14. The largest absolute Gasteiger partial charge is 0.497 e. The molecule has 174 valence electrons. The molecule has 1 fully saturated rings. The van der Waals surface area contributed by atoms with Crippen LogP contribution in [0.3, 0.4) is 0 Å². The van der Waals surface area contributed by atoms with Gasteiger partial charge in [-0.3, -0.25) is 0 Å². The van der Waals surface area contributed by atoms with Gasteiger partial charge in [-0.15, -0.1) is 0 Å². The second kappa shape index (κ2) is 11.4. The molecule has 1 aromatic heterocycles. The first-order valence-corrected chi connectivity index (χ1v) is 12.3. The number of aromatic nitrogens is 1. The summed E-state index contributed by atoms with van der Waals surface area (Å²) < 4.78 is 8.05. The fraction of sp³-hybridized carbons (Fsp3) is 0.464. The minimum absolute atomic E-state index is 0.215. The third-order valence-corrected chi connectivity index (χ3v) is 7.00. The Morgan fingerprint density at radius 2 is 2.00 bits per heavy atom. The SMILES string of the molecule is COc1cccc(C(CCNCCCN)c2cn(C3CCCCC3)c3ccc(C#N)cc23)c1. The molecule has 1 heterocycles. The number of ether oxygens (including phenoxy) is 1. The molecule has 2 aromatic carbocycles. The Hall–Kier alpha value is -2.81. The molecule has 1 unspecified atom stereocenters. The zero-order chi connectivity index (χ0) is 23.0. The molecule has 3 N–H and O–H groups in total. The summed E-state index contributed by atoms with van der Waals surface area (Å²) in [5.41, 5.74) is 10.2. The zero-order valence-corrected chi connectivity index (χ0v) is 19.7. The number of hydrogen-bond donors (Lipinski definition) is 2. The number of rotatable bonds is 10. The van der Waals surface area contributed by atoms with Crippen LogP contribution >= 0.6 is 0 Å². The molecule has 1 saturated carbocycles. The number of nitrogens with zero attached hydrogens (tertiary/aromatic N) is 2. The van der Waals surface area contributed by atoms with Crippen molar-refractivity contribution in [2.45, 2.75) is 56.9 Å². The summed E-state index contributed by atoms with van der Waals surface area (Å²) in [5.74, 6) is 1.09. The molecule has 0 bridgehead atoms. The minimum Gasteiger partial charge on any atom is -0.497 e. The van der Waals surface area contributed by atoms with Crippen LogP contribution in [0.15, 0.2) is 48.7 Å². The smallest absolute Gasteiger partial charge is 0.119 e. The van der Waals surface area contributed by atoms with Crippen LogP contribution in [-0.4, -0.2) is 31.3 Å². The van der Waals surface area contributed by atoms with E-state index in [0.29, 0.717) is 12.6 Å². The topological polar surface area (TPSA) is 76.0 Å². The molecule has 4 rings (SSSR count). The molecule has 1 atom stereocenters. The molecule has 0 radical (unpaired) electrons. The number of nitrogens with two attached hydrogens (primary N) is 1. The summed E-state index contributed by atoms with van der Waals surface area (Å²) in [7, 11) is 1.72. The van der Waals surface area contributed by atoms with Gasteiger partial charge < -0.3 is 20.4 Å². The molecule has 0 saturated heterocycles. The average Bonchev–Trinajstić information content (AvgIpc) is 3.25. The first kappa shape index (κ1) is 23.4. The molecule has 5 nitrogen and oxygen atoms in total. The predicted molar refractivity (Wildman–Crippen MR) is 135 cm³/mol. The number of fused-ring (bicyclic) bond motifs is 1. The summed E-state index contributed by atoms with van der Waals surface area (Å²) in [6.45, 7) is 2.55. The van der Waals surface area contributed by atoms with Crippen molar-refractivity contribution in [2.75, 3.05) is 26.7 Å². The van der Waals surface area contributed by atoms with Crippen molar-refractivity contribution in [3.63, 3.8) is 0 Å². The van der Waals surface area contributed by atoms with E-state index in [0.717, 1.165) is 37.2 Å². The van der Waals surface area contributed by atoms with E-state index in [4.69, 9.17) is 10.5 Å². The highest BCUT2D eigenvalue weighted by Crippen LogP contribution is 2.39. The van der Waals surface area contributed by atoms with E-state index in [9.17, 15) is 5.26 Å². The van der Waals surface area contributed by atoms with E-state index in [1.807, 2.05) is 12.1 Å². The van der Waals surface area contributed by atoms with E-state index in [1.54, 1.807) is 7.11 Å². The van der Waals surface area contributed by atoms with Crippen LogP contribution in [0.4, 0.5) is 0 Å². The van der Waals surface area contributed by atoms with Gasteiger partial charge in [-0.1, -0.05) is 31.4 Å². The first-order chi connectivity index (χ1) is 16.2. The Labute approximate surface area is 197 Å². The standard InChI is InChI=1S/C28H36N4O/c1-33-24-10-5-7-22(18-24)25(13-16-31-15-6-14-29)27-20-32(23-8-3-2-4-9-23)28-12-11-21(19-30)17-26(27)28/h5,7,10-12,17-18,20,23,25,31H,2-4,6,8-9,13-16,29H2,1H3. The summed E-state index contributed by atoms with van der Waals surface area (Å²) in [6, 6.07) is 17.5. The van der Waals surface area contributed by atoms with Crippen LogP contribution in [0.1, 0.15) is 73.6 Å². The Morgan fingerprint density at radius 1 is 1.15 bits per heavy atom. The van der Waals surface area contributed by atoms with E-state index in [-0.39, 0.29) is 5.92 Å². The zero-order valence-electron chi connectivity index (χ0n) is 19.7. The van der Waals surface area contributed by atoms with Gasteiger partial charge in [0.15, 0.2) is 0 Å². The molecule has 1 aliphatic rings. The molecule has 0 spiro atoms. The van der Waals surface area contributed by atoms with E-state index < -0.39 is 0 Å². The molecular weight excluding hydrogens is 408 g/mol. The van der Waals surface area contributed by atoms with Crippen molar-refractivity contribution in [1.29, 1.82) is 5.26 Å². The van der Waals surface area contributed by atoms with Crippen LogP contribution < -0.4 is 15.8 Å². The monoisotopic (exact) mass is 444 g/mol. The average molecular weight is 445 g/mol. The predicted octanol–water partition coefficient (Wildman–Crippen LogP) is 5.49. The minimum atomic E-state index is 0.215. The van der Waals surface area contributed by atoms with Crippen LogP contribution in [0, 0.1) is 11.3 Å². The van der Waals surface area contributed by atoms with Crippen molar-refractivity contribution in [3.05, 3.63) is 65.4 Å². The Bertz CT molecular complexity index is 1090. The number of methoxy groups -OCH3 is 1. The van der Waals surface area contributed by atoms with Gasteiger partial charge in [-0.25, -0.2) is 0 Å². The second-order valence-electron chi connectivity index (χ2n) is 9.14. The van der Waals surface area contributed by atoms with Gasteiger partial charge in [0.1, 0.15) is 5.75 Å². The van der Waals surface area contributed by atoms with Gasteiger partial charge >= 0.3 is 0 Å². The molecule has 33 heavy (non-hydrogen) atoms. The fourth-order valence-corrected chi connectivity index (χ4v) is 5.25. The maximum atomic E-state index is 9.60. The summed E-state index contributed by atoms with van der Waals surface area (Å²) >= 11 is 0. The number of hydrogen-bond acceptors (Lipinski definition) is 4. The van der Waals surface area contributed by atoms with Gasteiger partial charge in [0, 0.05) is 29.1 Å². The lowest BCUT2D eigenvalue weighted by atomic mass is 9.88. The van der Waals surface area contributed by atoms with Gasteiger partial charge in [0.25, 0.3) is 0 Å². The Balaban J connectivity index is 1.77. The van der Waals surface area contributed by atoms with Crippen LogP contribution in [0.5, 0.6) is 5.75 Å². The molecule has 5 heteroatoms. The molecule has 3 aromatic rings. The molecular formula is C28H36N4O. The highest BCUT2D eigenvalue weighted by molar-refractivity contribution is 5.86. The molecule has 0 amide bonds. The van der Waals surface area contributed by atoms with Gasteiger partial charge in [0.2, 0.25) is 0 Å². The maximum Gasteiger partial charge on any atom is 0.119 e. The van der Waals surface area contributed by atoms with Crippen molar-refractivity contribution in [2.24, 2.45) is 5.73 Å². The van der Waals surface area contributed by atoms with Gasteiger partial charge in [-0.2, -0.15) is 5.26 Å². The quantitative estimate of drug-likeness (QED) is 0.406. The fourth-order valence-electron chi connectivity index (χ4n) is 5.25. The maximum absolute atomic E-state index is 9.60. The van der Waals surface area contributed by atoms with Crippen molar-refractivity contribution < 1.29 is 4.74 Å². The van der Waals surface area contributed by atoms with E-state index in [1.165, 1.54) is 54.1 Å². The third-order valence-electron chi connectivity index (χ3n) is 7.00. The summed E-state index contributed by atoms with van der Waals surface area (Å²) in [5, 5.41) is 14.4. The lowest BCUT2D eigenvalue weighted by Gasteiger charge is -2.24. The molecule has 1 aliphatic carbocycles. The van der Waals surface area contributed by atoms with Crippen LogP contribution in [-0.2, 0) is 0 Å². The van der Waals surface area contributed by atoms with Crippen LogP contribution in [0.2, 0.25) is 0 Å². The van der Waals surface area contributed by atoms with Crippen molar-refractivity contribution >= 4 is 10.9 Å². The summed E-state index contributed by atoms with van der Waals surface area (Å²) in [6.07, 6.45) is 10.7.